The SMILES string of the molecule is Cc1ccc(CCC(=O)O)cc1-c1cccc(C)c1C. The first-order valence-electron chi connectivity index (χ1n) is 6.87. The second-order valence-electron chi connectivity index (χ2n) is 5.29. The normalized spacial score (nSPS) is 10.6. The van der Waals surface area contributed by atoms with E-state index < -0.39 is 5.97 Å². The third kappa shape index (κ3) is 3.08. The van der Waals surface area contributed by atoms with Crippen LogP contribution < -0.4 is 0 Å². The Kier molecular flexibility index (Phi) is 4.23. The van der Waals surface area contributed by atoms with Gasteiger partial charge in [0.25, 0.3) is 0 Å². The molecule has 2 aromatic carbocycles. The maximum Gasteiger partial charge on any atom is 0.303 e. The molecule has 0 saturated carbocycles. The van der Waals surface area contributed by atoms with E-state index in [-0.39, 0.29) is 6.42 Å². The summed E-state index contributed by atoms with van der Waals surface area (Å²) < 4.78 is 0. The van der Waals surface area contributed by atoms with E-state index in [0.29, 0.717) is 6.42 Å². The van der Waals surface area contributed by atoms with Gasteiger partial charge in [-0.05, 0) is 60.6 Å². The van der Waals surface area contributed by atoms with Gasteiger partial charge in [0.05, 0.1) is 0 Å². The molecule has 0 aromatic heterocycles. The summed E-state index contributed by atoms with van der Waals surface area (Å²) in [4.78, 5) is 10.7. The van der Waals surface area contributed by atoms with Gasteiger partial charge in [0, 0.05) is 6.42 Å². The lowest BCUT2D eigenvalue weighted by molar-refractivity contribution is -0.136. The Morgan fingerprint density at radius 1 is 1.00 bits per heavy atom. The number of hydrogen-bond acceptors (Lipinski definition) is 1. The van der Waals surface area contributed by atoms with Gasteiger partial charge in [0.15, 0.2) is 0 Å². The van der Waals surface area contributed by atoms with Gasteiger partial charge in [-0.3, -0.25) is 4.79 Å². The van der Waals surface area contributed by atoms with E-state index in [9.17, 15) is 4.79 Å². The molecule has 104 valence electrons. The number of hydrogen-bond donors (Lipinski definition) is 1. The molecule has 2 nitrogen and oxygen atoms in total. The Balaban J connectivity index is 2.42. The smallest absolute Gasteiger partial charge is 0.303 e. The fourth-order valence-corrected chi connectivity index (χ4v) is 2.41. The predicted molar refractivity (Wildman–Crippen MR) is 82.0 cm³/mol. The summed E-state index contributed by atoms with van der Waals surface area (Å²) in [6.45, 7) is 6.34. The van der Waals surface area contributed by atoms with Crippen LogP contribution in [0.2, 0.25) is 0 Å². The van der Waals surface area contributed by atoms with Crippen molar-refractivity contribution in [2.75, 3.05) is 0 Å². The summed E-state index contributed by atoms with van der Waals surface area (Å²) in [6.07, 6.45) is 0.753. The van der Waals surface area contributed by atoms with Crippen LogP contribution in [-0.4, -0.2) is 11.1 Å². The molecule has 0 fully saturated rings. The van der Waals surface area contributed by atoms with E-state index in [1.54, 1.807) is 0 Å². The van der Waals surface area contributed by atoms with E-state index in [0.717, 1.165) is 5.56 Å². The minimum Gasteiger partial charge on any atom is -0.481 e. The average molecular weight is 268 g/mol. The maximum atomic E-state index is 10.7. The van der Waals surface area contributed by atoms with Crippen molar-refractivity contribution in [1.82, 2.24) is 0 Å². The molecule has 0 spiro atoms. The number of aryl methyl sites for hydroxylation is 3. The Labute approximate surface area is 120 Å². The molecule has 0 atom stereocenters. The highest BCUT2D eigenvalue weighted by Crippen LogP contribution is 2.29. The van der Waals surface area contributed by atoms with Crippen molar-refractivity contribution in [3.8, 4) is 11.1 Å². The van der Waals surface area contributed by atoms with Crippen molar-refractivity contribution < 1.29 is 9.90 Å². The van der Waals surface area contributed by atoms with Gasteiger partial charge >= 0.3 is 5.97 Å². The number of rotatable bonds is 4. The van der Waals surface area contributed by atoms with Crippen LogP contribution in [0.1, 0.15) is 28.7 Å². The number of benzene rings is 2. The van der Waals surface area contributed by atoms with Gasteiger partial charge in [0.1, 0.15) is 0 Å². The number of carbonyl (C=O) groups is 1. The fraction of sp³-hybridized carbons (Fsp3) is 0.278. The molecule has 1 N–H and O–H groups in total. The largest absolute Gasteiger partial charge is 0.481 e. The second kappa shape index (κ2) is 5.91. The van der Waals surface area contributed by atoms with Crippen molar-refractivity contribution >= 4 is 5.97 Å². The Bertz CT molecular complexity index is 642. The number of carboxylic acids is 1. The van der Waals surface area contributed by atoms with Crippen molar-refractivity contribution in [3.05, 3.63) is 58.7 Å². The molecule has 20 heavy (non-hydrogen) atoms. The van der Waals surface area contributed by atoms with Crippen molar-refractivity contribution in [3.63, 3.8) is 0 Å². The third-order valence-corrected chi connectivity index (χ3v) is 3.82. The van der Waals surface area contributed by atoms with Crippen LogP contribution >= 0.6 is 0 Å². The fourth-order valence-electron chi connectivity index (χ4n) is 2.41. The summed E-state index contributed by atoms with van der Waals surface area (Å²) in [5.41, 5.74) is 7.30. The second-order valence-corrected chi connectivity index (χ2v) is 5.29. The van der Waals surface area contributed by atoms with E-state index in [2.05, 4.69) is 51.1 Å². The molecular formula is C18H20O2. The van der Waals surface area contributed by atoms with Gasteiger partial charge in [-0.25, -0.2) is 0 Å². The minimum absolute atomic E-state index is 0.176. The number of aliphatic carboxylic acids is 1. The van der Waals surface area contributed by atoms with Gasteiger partial charge in [-0.1, -0.05) is 36.4 Å². The Morgan fingerprint density at radius 2 is 1.75 bits per heavy atom. The molecule has 0 heterocycles. The van der Waals surface area contributed by atoms with Crippen LogP contribution in [0.3, 0.4) is 0 Å². The highest BCUT2D eigenvalue weighted by molar-refractivity contribution is 5.72. The predicted octanol–water partition coefficient (Wildman–Crippen LogP) is 4.30. The van der Waals surface area contributed by atoms with Crippen LogP contribution in [0, 0.1) is 20.8 Å². The maximum absolute atomic E-state index is 10.7. The van der Waals surface area contributed by atoms with E-state index in [1.807, 2.05) is 6.07 Å². The van der Waals surface area contributed by atoms with Gasteiger partial charge in [0.2, 0.25) is 0 Å². The van der Waals surface area contributed by atoms with Gasteiger partial charge < -0.3 is 5.11 Å². The van der Waals surface area contributed by atoms with E-state index >= 15 is 0 Å². The van der Waals surface area contributed by atoms with Crippen LogP contribution in [0.4, 0.5) is 0 Å². The highest BCUT2D eigenvalue weighted by atomic mass is 16.4. The molecule has 2 aromatic rings. The molecule has 0 aliphatic heterocycles. The Morgan fingerprint density at radius 3 is 2.45 bits per heavy atom. The van der Waals surface area contributed by atoms with Gasteiger partial charge in [-0.2, -0.15) is 0 Å². The molecular weight excluding hydrogens is 248 g/mol. The minimum atomic E-state index is -0.751. The third-order valence-electron chi connectivity index (χ3n) is 3.82. The first kappa shape index (κ1) is 14.3. The van der Waals surface area contributed by atoms with E-state index in [1.165, 1.54) is 27.8 Å². The Hall–Kier alpha value is -2.09. The topological polar surface area (TPSA) is 37.3 Å². The summed E-state index contributed by atoms with van der Waals surface area (Å²) in [7, 11) is 0. The van der Waals surface area contributed by atoms with Crippen LogP contribution in [0.5, 0.6) is 0 Å². The summed E-state index contributed by atoms with van der Waals surface area (Å²) >= 11 is 0. The zero-order chi connectivity index (χ0) is 14.7. The van der Waals surface area contributed by atoms with Crippen molar-refractivity contribution in [2.45, 2.75) is 33.6 Å². The van der Waals surface area contributed by atoms with Gasteiger partial charge in [-0.15, -0.1) is 0 Å². The molecule has 2 rings (SSSR count). The van der Waals surface area contributed by atoms with Crippen LogP contribution in [-0.2, 0) is 11.2 Å². The van der Waals surface area contributed by atoms with Crippen LogP contribution in [0.25, 0.3) is 11.1 Å². The monoisotopic (exact) mass is 268 g/mol. The molecule has 0 bridgehead atoms. The lowest BCUT2D eigenvalue weighted by atomic mass is 9.92. The summed E-state index contributed by atoms with van der Waals surface area (Å²) in [5.74, 6) is -0.751. The quantitative estimate of drug-likeness (QED) is 0.897. The lowest BCUT2D eigenvalue weighted by Crippen LogP contribution is -1.98. The molecule has 0 aliphatic carbocycles. The first-order valence-corrected chi connectivity index (χ1v) is 6.87. The molecule has 0 saturated heterocycles. The lowest BCUT2D eigenvalue weighted by Gasteiger charge is -2.13. The van der Waals surface area contributed by atoms with Crippen molar-refractivity contribution in [2.24, 2.45) is 0 Å². The first-order chi connectivity index (χ1) is 9.49. The highest BCUT2D eigenvalue weighted by Gasteiger charge is 2.08. The summed E-state index contributed by atoms with van der Waals surface area (Å²) in [5, 5.41) is 8.80. The molecule has 0 amide bonds. The molecule has 0 aliphatic rings. The van der Waals surface area contributed by atoms with Crippen molar-refractivity contribution in [1.29, 1.82) is 0 Å². The molecule has 0 radical (unpaired) electrons. The summed E-state index contributed by atoms with van der Waals surface area (Å²) in [6, 6.07) is 12.5. The number of carboxylic acid groups (broad SMARTS) is 1. The zero-order valence-corrected chi connectivity index (χ0v) is 12.2. The standard InChI is InChI=1S/C18H20O2/c1-12-5-4-6-16(14(12)3)17-11-15(8-7-13(17)2)9-10-18(19)20/h4-8,11H,9-10H2,1-3H3,(H,19,20). The van der Waals surface area contributed by atoms with E-state index in [4.69, 9.17) is 5.11 Å². The van der Waals surface area contributed by atoms with Crippen LogP contribution in [0.15, 0.2) is 36.4 Å². The molecule has 2 heteroatoms. The average Bonchev–Trinajstić information content (AvgIpc) is 2.41. The zero-order valence-electron chi connectivity index (χ0n) is 12.2. The molecule has 0 unspecified atom stereocenters.